The smallest absolute Gasteiger partial charge is 0.319 e. The van der Waals surface area contributed by atoms with E-state index in [4.69, 9.17) is 9.15 Å². The van der Waals surface area contributed by atoms with Gasteiger partial charge in [-0.1, -0.05) is 30.3 Å². The molecule has 2 rings (SSSR count). The Balaban J connectivity index is 2.02. The Morgan fingerprint density at radius 3 is 2.56 bits per heavy atom. The summed E-state index contributed by atoms with van der Waals surface area (Å²) < 4.78 is 9.91. The van der Waals surface area contributed by atoms with Crippen molar-refractivity contribution in [3.63, 3.8) is 0 Å². The van der Waals surface area contributed by atoms with E-state index in [0.717, 1.165) is 0 Å². The zero-order chi connectivity index (χ0) is 13.0. The van der Waals surface area contributed by atoms with Crippen LogP contribution >= 0.6 is 0 Å². The summed E-state index contributed by atoms with van der Waals surface area (Å²) in [5.41, 5.74) is 0.682. The average molecular weight is 246 g/mol. The largest absolute Gasteiger partial charge is 0.434 e. The normalized spacial score (nSPS) is 13.9. The molecule has 0 saturated heterocycles. The lowest BCUT2D eigenvalue weighted by Crippen LogP contribution is -2.23. The molecule has 0 aliphatic heterocycles. The van der Waals surface area contributed by atoms with E-state index in [2.05, 4.69) is 0 Å². The summed E-state index contributed by atoms with van der Waals surface area (Å²) in [7, 11) is 0. The Morgan fingerprint density at radius 1 is 1.22 bits per heavy atom. The molecule has 0 bridgehead atoms. The predicted molar refractivity (Wildman–Crippen MR) is 64.9 cm³/mol. The number of aliphatic hydroxyl groups is 1. The van der Waals surface area contributed by atoms with Crippen molar-refractivity contribution in [2.45, 2.75) is 13.0 Å². The summed E-state index contributed by atoms with van der Waals surface area (Å²) in [6.07, 6.45) is 0.523. The lowest BCUT2D eigenvalue weighted by atomic mass is 9.98. The molecule has 0 aliphatic carbocycles. The van der Waals surface area contributed by atoms with E-state index >= 15 is 0 Å². The van der Waals surface area contributed by atoms with Gasteiger partial charge in [0.15, 0.2) is 0 Å². The van der Waals surface area contributed by atoms with Gasteiger partial charge in [-0.05, 0) is 18.6 Å². The number of carbonyl (C=O) groups excluding carboxylic acids is 1. The molecule has 0 aliphatic rings. The fraction of sp³-hybridized carbons (Fsp3) is 0.214. The van der Waals surface area contributed by atoms with Gasteiger partial charge in [0.1, 0.15) is 0 Å². The first-order chi connectivity index (χ1) is 8.68. The number of esters is 1. The molecule has 2 aromatic rings. The van der Waals surface area contributed by atoms with E-state index in [1.54, 1.807) is 31.2 Å². The van der Waals surface area contributed by atoms with Crippen LogP contribution in [0.4, 0.5) is 0 Å². The summed E-state index contributed by atoms with van der Waals surface area (Å²) >= 11 is 0. The van der Waals surface area contributed by atoms with Crippen molar-refractivity contribution in [1.82, 2.24) is 0 Å². The van der Waals surface area contributed by atoms with E-state index in [0.29, 0.717) is 5.56 Å². The predicted octanol–water partition coefficient (Wildman–Crippen LogP) is 2.55. The van der Waals surface area contributed by atoms with E-state index in [1.807, 2.05) is 18.2 Å². The van der Waals surface area contributed by atoms with E-state index < -0.39 is 18.0 Å². The van der Waals surface area contributed by atoms with Crippen molar-refractivity contribution in [1.29, 1.82) is 0 Å². The van der Waals surface area contributed by atoms with Gasteiger partial charge in [-0.25, -0.2) is 0 Å². The number of carbonyl (C=O) groups is 1. The number of rotatable bonds is 4. The zero-order valence-corrected chi connectivity index (χ0v) is 9.95. The first-order valence-electron chi connectivity index (χ1n) is 5.66. The second-order valence-electron chi connectivity index (χ2n) is 4.00. The van der Waals surface area contributed by atoms with Crippen molar-refractivity contribution >= 4 is 5.97 Å². The summed E-state index contributed by atoms with van der Waals surface area (Å²) in [5.74, 6) is -1.06. The molecule has 4 nitrogen and oxygen atoms in total. The summed E-state index contributed by atoms with van der Waals surface area (Å²) in [6, 6.07) is 12.2. The highest BCUT2D eigenvalue weighted by Gasteiger charge is 2.25. The molecule has 1 heterocycles. The van der Waals surface area contributed by atoms with Crippen LogP contribution in [0.1, 0.15) is 18.6 Å². The van der Waals surface area contributed by atoms with Crippen LogP contribution in [0.3, 0.4) is 0 Å². The second kappa shape index (κ2) is 5.51. The van der Waals surface area contributed by atoms with Gasteiger partial charge in [0.05, 0.1) is 18.3 Å². The fourth-order valence-electron chi connectivity index (χ4n) is 1.58. The van der Waals surface area contributed by atoms with Gasteiger partial charge in [0.25, 0.3) is 5.95 Å². The highest BCUT2D eigenvalue weighted by Crippen LogP contribution is 2.23. The van der Waals surface area contributed by atoms with Gasteiger partial charge in [0.2, 0.25) is 0 Å². The maximum atomic E-state index is 11.8. The Bertz CT molecular complexity index is 490. The maximum Gasteiger partial charge on any atom is 0.319 e. The highest BCUT2D eigenvalue weighted by molar-refractivity contribution is 5.75. The van der Waals surface area contributed by atoms with Gasteiger partial charge in [0, 0.05) is 6.07 Å². The lowest BCUT2D eigenvalue weighted by Gasteiger charge is -2.16. The highest BCUT2D eigenvalue weighted by atomic mass is 16.6. The molecule has 0 saturated carbocycles. The number of benzene rings is 1. The van der Waals surface area contributed by atoms with Gasteiger partial charge in [-0.2, -0.15) is 0 Å². The molecule has 4 heteroatoms. The molecule has 0 fully saturated rings. The van der Waals surface area contributed by atoms with Gasteiger partial charge in [-0.3, -0.25) is 4.79 Å². The van der Waals surface area contributed by atoms with Crippen LogP contribution in [0.15, 0.2) is 53.1 Å². The topological polar surface area (TPSA) is 59.7 Å². The van der Waals surface area contributed by atoms with Crippen molar-refractivity contribution < 1.29 is 19.1 Å². The standard InChI is InChI=1S/C14H14O4/c1-10(13(15)11-6-3-2-4-7-11)14(16)18-12-8-5-9-17-12/h2-10,13,15H,1H3/t10-,13+/m0/s1. The number of ether oxygens (including phenoxy) is 1. The van der Waals surface area contributed by atoms with Gasteiger partial charge >= 0.3 is 5.97 Å². The summed E-state index contributed by atoms with van der Waals surface area (Å²) in [5, 5.41) is 10.1. The molecule has 94 valence electrons. The van der Waals surface area contributed by atoms with Crippen LogP contribution < -0.4 is 4.74 Å². The average Bonchev–Trinajstić information content (AvgIpc) is 2.91. The zero-order valence-electron chi connectivity index (χ0n) is 9.95. The number of aliphatic hydroxyl groups excluding tert-OH is 1. The monoisotopic (exact) mass is 246 g/mol. The van der Waals surface area contributed by atoms with Crippen LogP contribution in [-0.4, -0.2) is 11.1 Å². The Kier molecular flexibility index (Phi) is 3.79. The van der Waals surface area contributed by atoms with E-state index in [-0.39, 0.29) is 5.95 Å². The third-order valence-corrected chi connectivity index (χ3v) is 2.68. The van der Waals surface area contributed by atoms with Crippen LogP contribution in [0.25, 0.3) is 0 Å². The second-order valence-corrected chi connectivity index (χ2v) is 4.00. The SMILES string of the molecule is C[C@H](C(=O)Oc1ccco1)[C@@H](O)c1ccccc1. The number of hydrogen-bond acceptors (Lipinski definition) is 4. The molecular weight excluding hydrogens is 232 g/mol. The van der Waals surface area contributed by atoms with Crippen LogP contribution in [0.5, 0.6) is 5.95 Å². The van der Waals surface area contributed by atoms with Crippen molar-refractivity contribution in [3.8, 4) is 5.95 Å². The Labute approximate surface area is 105 Å². The van der Waals surface area contributed by atoms with E-state index in [1.165, 1.54) is 6.26 Å². The van der Waals surface area contributed by atoms with Crippen molar-refractivity contribution in [2.75, 3.05) is 0 Å². The molecule has 0 radical (unpaired) electrons. The maximum absolute atomic E-state index is 11.8. The fourth-order valence-corrected chi connectivity index (χ4v) is 1.58. The first kappa shape index (κ1) is 12.4. The molecule has 0 spiro atoms. The number of hydrogen-bond donors (Lipinski definition) is 1. The van der Waals surface area contributed by atoms with Crippen LogP contribution in [0.2, 0.25) is 0 Å². The third kappa shape index (κ3) is 2.78. The minimum atomic E-state index is -0.895. The van der Waals surface area contributed by atoms with Gasteiger partial charge in [-0.15, -0.1) is 0 Å². The summed E-state index contributed by atoms with van der Waals surface area (Å²) in [4.78, 5) is 11.8. The summed E-state index contributed by atoms with van der Waals surface area (Å²) in [6.45, 7) is 1.61. The quantitative estimate of drug-likeness (QED) is 0.842. The minimum Gasteiger partial charge on any atom is -0.434 e. The molecule has 1 aromatic carbocycles. The lowest BCUT2D eigenvalue weighted by molar-refractivity contribution is -0.143. The molecule has 2 atom stereocenters. The van der Waals surface area contributed by atoms with E-state index in [9.17, 15) is 9.90 Å². The number of furan rings is 1. The van der Waals surface area contributed by atoms with Crippen molar-refractivity contribution in [2.24, 2.45) is 5.92 Å². The molecule has 1 N–H and O–H groups in total. The molecule has 1 aromatic heterocycles. The Hall–Kier alpha value is -2.07. The molecule has 0 amide bonds. The molecular formula is C14H14O4. The molecule has 18 heavy (non-hydrogen) atoms. The van der Waals surface area contributed by atoms with Crippen LogP contribution in [0, 0.1) is 5.92 Å². The third-order valence-electron chi connectivity index (χ3n) is 2.68. The molecule has 0 unspecified atom stereocenters. The van der Waals surface area contributed by atoms with Crippen molar-refractivity contribution in [3.05, 3.63) is 54.3 Å². The van der Waals surface area contributed by atoms with Crippen LogP contribution in [-0.2, 0) is 4.79 Å². The van der Waals surface area contributed by atoms with Gasteiger partial charge < -0.3 is 14.3 Å². The first-order valence-corrected chi connectivity index (χ1v) is 5.66. The minimum absolute atomic E-state index is 0.132. The Morgan fingerprint density at radius 2 is 1.94 bits per heavy atom.